The van der Waals surface area contributed by atoms with Gasteiger partial charge in [0.25, 0.3) is 0 Å². The van der Waals surface area contributed by atoms with Crippen molar-refractivity contribution < 1.29 is 9.57 Å². The Labute approximate surface area is 70.7 Å². The van der Waals surface area contributed by atoms with Gasteiger partial charge in [-0.1, -0.05) is 5.16 Å². The first-order valence-electron chi connectivity index (χ1n) is 3.67. The van der Waals surface area contributed by atoms with E-state index in [1.807, 2.05) is 6.92 Å². The monoisotopic (exact) mass is 166 g/mol. The largest absolute Gasteiger partial charge is 0.619 e. The fraction of sp³-hybridized carbons (Fsp3) is 0.250. The molecule has 1 aromatic rings. The van der Waals surface area contributed by atoms with Crippen LogP contribution in [0.5, 0.6) is 0 Å². The molecule has 0 unspecified atom stereocenters. The fourth-order valence-corrected chi connectivity index (χ4v) is 0.721. The predicted molar refractivity (Wildman–Crippen MR) is 44.6 cm³/mol. The highest BCUT2D eigenvalue weighted by atomic mass is 16.6. The SMILES string of the molecule is CCO/N=C/c1ccc[n+]([O-])c1. The van der Waals surface area contributed by atoms with Crippen LogP contribution < -0.4 is 4.73 Å². The maximum Gasteiger partial charge on any atom is 0.189 e. The van der Waals surface area contributed by atoms with Crippen molar-refractivity contribution in [2.75, 3.05) is 6.61 Å². The summed E-state index contributed by atoms with van der Waals surface area (Å²) in [7, 11) is 0. The number of hydrogen-bond acceptors (Lipinski definition) is 3. The number of pyridine rings is 1. The molecule has 1 heterocycles. The summed E-state index contributed by atoms with van der Waals surface area (Å²) >= 11 is 0. The van der Waals surface area contributed by atoms with Gasteiger partial charge >= 0.3 is 0 Å². The zero-order chi connectivity index (χ0) is 8.81. The van der Waals surface area contributed by atoms with E-state index in [4.69, 9.17) is 4.84 Å². The summed E-state index contributed by atoms with van der Waals surface area (Å²) < 4.78 is 0.716. The van der Waals surface area contributed by atoms with Crippen molar-refractivity contribution in [1.29, 1.82) is 0 Å². The van der Waals surface area contributed by atoms with Crippen LogP contribution in [0, 0.1) is 5.21 Å². The van der Waals surface area contributed by atoms with Crippen LogP contribution in [0.25, 0.3) is 0 Å². The summed E-state index contributed by atoms with van der Waals surface area (Å²) in [5, 5.41) is 14.4. The molecule has 0 bridgehead atoms. The van der Waals surface area contributed by atoms with Crippen molar-refractivity contribution in [3.05, 3.63) is 35.3 Å². The lowest BCUT2D eigenvalue weighted by Crippen LogP contribution is -2.24. The van der Waals surface area contributed by atoms with Crippen molar-refractivity contribution in [2.24, 2.45) is 5.16 Å². The van der Waals surface area contributed by atoms with Gasteiger partial charge in [-0.2, -0.15) is 4.73 Å². The smallest absolute Gasteiger partial charge is 0.189 e. The molecule has 4 heteroatoms. The third kappa shape index (κ3) is 2.57. The second-order valence-corrected chi connectivity index (χ2v) is 2.15. The van der Waals surface area contributed by atoms with Crippen molar-refractivity contribution >= 4 is 6.21 Å². The molecule has 64 valence electrons. The molecule has 0 aliphatic carbocycles. The van der Waals surface area contributed by atoms with Gasteiger partial charge in [0.15, 0.2) is 12.4 Å². The molecule has 0 amide bonds. The van der Waals surface area contributed by atoms with Crippen LogP contribution in [0.1, 0.15) is 12.5 Å². The lowest BCUT2D eigenvalue weighted by molar-refractivity contribution is -0.605. The second kappa shape index (κ2) is 4.33. The van der Waals surface area contributed by atoms with E-state index in [9.17, 15) is 5.21 Å². The average Bonchev–Trinajstić information content (AvgIpc) is 2.05. The highest BCUT2D eigenvalue weighted by Gasteiger charge is 1.91. The number of oxime groups is 1. The van der Waals surface area contributed by atoms with Gasteiger partial charge in [0.1, 0.15) is 6.61 Å². The van der Waals surface area contributed by atoms with Crippen LogP contribution in [0.2, 0.25) is 0 Å². The Morgan fingerprint density at radius 1 is 1.75 bits per heavy atom. The fourth-order valence-electron chi connectivity index (χ4n) is 0.721. The molecular weight excluding hydrogens is 156 g/mol. The van der Waals surface area contributed by atoms with E-state index in [0.717, 1.165) is 5.56 Å². The lowest BCUT2D eigenvalue weighted by atomic mass is 10.3. The van der Waals surface area contributed by atoms with Crippen LogP contribution in [0.4, 0.5) is 0 Å². The molecule has 1 aromatic heterocycles. The number of hydrogen-bond donors (Lipinski definition) is 0. The average molecular weight is 166 g/mol. The van der Waals surface area contributed by atoms with Gasteiger partial charge in [0, 0.05) is 6.07 Å². The third-order valence-corrected chi connectivity index (χ3v) is 1.20. The van der Waals surface area contributed by atoms with E-state index < -0.39 is 0 Å². The van der Waals surface area contributed by atoms with E-state index in [0.29, 0.717) is 11.3 Å². The van der Waals surface area contributed by atoms with Crippen LogP contribution in [-0.2, 0) is 4.84 Å². The van der Waals surface area contributed by atoms with Crippen LogP contribution in [-0.4, -0.2) is 12.8 Å². The number of aromatic nitrogens is 1. The Balaban J connectivity index is 2.63. The first-order chi connectivity index (χ1) is 5.83. The van der Waals surface area contributed by atoms with Gasteiger partial charge < -0.3 is 10.0 Å². The second-order valence-electron chi connectivity index (χ2n) is 2.15. The molecule has 0 fully saturated rings. The van der Waals surface area contributed by atoms with Gasteiger partial charge in [-0.05, 0) is 13.0 Å². The zero-order valence-electron chi connectivity index (χ0n) is 6.80. The molecule has 0 aliphatic rings. The third-order valence-electron chi connectivity index (χ3n) is 1.20. The molecule has 1 rings (SSSR count). The van der Waals surface area contributed by atoms with Crippen LogP contribution in [0.3, 0.4) is 0 Å². The molecule has 0 spiro atoms. The molecule has 0 N–H and O–H groups in total. The summed E-state index contributed by atoms with van der Waals surface area (Å²) in [5.74, 6) is 0. The molecule has 0 atom stereocenters. The predicted octanol–water partition coefficient (Wildman–Crippen LogP) is 0.690. The highest BCUT2D eigenvalue weighted by Crippen LogP contribution is 1.89. The number of nitrogens with zero attached hydrogens (tertiary/aromatic N) is 2. The Hall–Kier alpha value is -1.58. The van der Waals surface area contributed by atoms with Gasteiger partial charge in [0.05, 0.1) is 11.8 Å². The Morgan fingerprint density at radius 3 is 3.25 bits per heavy atom. The minimum absolute atomic E-state index is 0.528. The minimum atomic E-state index is 0.528. The highest BCUT2D eigenvalue weighted by molar-refractivity contribution is 5.77. The molecule has 0 aromatic carbocycles. The summed E-state index contributed by atoms with van der Waals surface area (Å²) in [4.78, 5) is 4.74. The van der Waals surface area contributed by atoms with E-state index >= 15 is 0 Å². The molecule has 0 radical (unpaired) electrons. The van der Waals surface area contributed by atoms with E-state index in [1.54, 1.807) is 12.1 Å². The molecule has 0 saturated heterocycles. The van der Waals surface area contributed by atoms with Gasteiger partial charge in [-0.15, -0.1) is 0 Å². The summed E-state index contributed by atoms with van der Waals surface area (Å²) in [6.45, 7) is 2.37. The van der Waals surface area contributed by atoms with Crippen molar-refractivity contribution in [3.63, 3.8) is 0 Å². The summed E-state index contributed by atoms with van der Waals surface area (Å²) in [6.07, 6.45) is 4.33. The minimum Gasteiger partial charge on any atom is -0.619 e. The van der Waals surface area contributed by atoms with Crippen LogP contribution in [0.15, 0.2) is 29.7 Å². The standard InChI is InChI=1S/C8H10N2O2/c1-2-12-9-6-8-4-3-5-10(11)7-8/h3-7H,2H2,1H3/b9-6+. The normalized spacial score (nSPS) is 10.4. The van der Waals surface area contributed by atoms with Gasteiger partial charge in [0.2, 0.25) is 0 Å². The molecule has 0 aliphatic heterocycles. The quantitative estimate of drug-likeness (QED) is 0.287. The summed E-state index contributed by atoms with van der Waals surface area (Å²) in [6, 6.07) is 3.43. The van der Waals surface area contributed by atoms with Crippen molar-refractivity contribution in [3.8, 4) is 0 Å². The van der Waals surface area contributed by atoms with E-state index in [1.165, 1.54) is 18.6 Å². The van der Waals surface area contributed by atoms with Gasteiger partial charge in [-0.25, -0.2) is 0 Å². The van der Waals surface area contributed by atoms with Crippen molar-refractivity contribution in [2.45, 2.75) is 6.92 Å². The van der Waals surface area contributed by atoms with Crippen LogP contribution >= 0.6 is 0 Å². The lowest BCUT2D eigenvalue weighted by Gasteiger charge is -1.94. The maximum atomic E-state index is 10.7. The topological polar surface area (TPSA) is 48.5 Å². The molecule has 4 nitrogen and oxygen atoms in total. The van der Waals surface area contributed by atoms with Gasteiger partial charge in [-0.3, -0.25) is 0 Å². The Kier molecular flexibility index (Phi) is 3.07. The Bertz CT molecular complexity index is 274. The first-order valence-corrected chi connectivity index (χ1v) is 3.67. The van der Waals surface area contributed by atoms with Crippen molar-refractivity contribution in [1.82, 2.24) is 0 Å². The van der Waals surface area contributed by atoms with E-state index in [-0.39, 0.29) is 0 Å². The maximum absolute atomic E-state index is 10.7. The number of rotatable bonds is 3. The summed E-state index contributed by atoms with van der Waals surface area (Å²) in [5.41, 5.74) is 0.723. The molecule has 12 heavy (non-hydrogen) atoms. The Morgan fingerprint density at radius 2 is 2.58 bits per heavy atom. The molecule has 0 saturated carbocycles. The molecular formula is C8H10N2O2. The zero-order valence-corrected chi connectivity index (χ0v) is 6.80. The first kappa shape index (κ1) is 8.52. The van der Waals surface area contributed by atoms with E-state index in [2.05, 4.69) is 5.16 Å².